The van der Waals surface area contributed by atoms with Gasteiger partial charge in [0.1, 0.15) is 22.3 Å². The van der Waals surface area contributed by atoms with Crippen LogP contribution in [-0.2, 0) is 0 Å². The maximum atomic E-state index is 6.80. The van der Waals surface area contributed by atoms with E-state index in [9.17, 15) is 0 Å². The van der Waals surface area contributed by atoms with Gasteiger partial charge in [0.25, 0.3) is 0 Å². The van der Waals surface area contributed by atoms with Crippen molar-refractivity contribution in [2.45, 2.75) is 0 Å². The van der Waals surface area contributed by atoms with Crippen molar-refractivity contribution in [1.29, 1.82) is 0 Å². The van der Waals surface area contributed by atoms with Gasteiger partial charge in [0.2, 0.25) is 0 Å². The lowest BCUT2D eigenvalue weighted by molar-refractivity contribution is 0.663. The largest absolute Gasteiger partial charge is 0.456 e. The van der Waals surface area contributed by atoms with E-state index < -0.39 is 0 Å². The molecule has 0 bridgehead atoms. The molecule has 0 radical (unpaired) electrons. The molecule has 276 valence electrons. The Kier molecular flexibility index (Phi) is 7.54. The number of fused-ring (bicyclic) bond motifs is 10. The van der Waals surface area contributed by atoms with Crippen LogP contribution in [0.5, 0.6) is 0 Å². The van der Waals surface area contributed by atoms with E-state index in [2.05, 4.69) is 199 Å². The van der Waals surface area contributed by atoms with Crippen molar-refractivity contribution in [3.8, 4) is 33.4 Å². The summed E-state index contributed by atoms with van der Waals surface area (Å²) in [7, 11) is 0. The molecule has 0 spiro atoms. The number of furan rings is 2. The molecule has 2 heterocycles. The first-order chi connectivity index (χ1) is 29.2. The summed E-state index contributed by atoms with van der Waals surface area (Å²) >= 11 is 0. The van der Waals surface area contributed by atoms with Crippen molar-refractivity contribution in [1.82, 2.24) is 0 Å². The summed E-state index contributed by atoms with van der Waals surface area (Å²) in [6.45, 7) is 0. The van der Waals surface area contributed by atoms with Gasteiger partial charge < -0.3 is 13.7 Å². The molecule has 0 aliphatic carbocycles. The quantitative estimate of drug-likeness (QED) is 0.158. The molecule has 3 heteroatoms. The Bertz CT molecular complexity index is 3520. The fraction of sp³-hybridized carbons (Fsp3) is 0. The highest BCUT2D eigenvalue weighted by Gasteiger charge is 2.19. The second-order valence-corrected chi connectivity index (χ2v) is 15.3. The number of nitrogens with zero attached hydrogens (tertiary/aromatic N) is 1. The van der Waals surface area contributed by atoms with Gasteiger partial charge in [-0.05, 0) is 110 Å². The number of hydrogen-bond acceptors (Lipinski definition) is 3. The van der Waals surface area contributed by atoms with E-state index in [-0.39, 0.29) is 0 Å². The summed E-state index contributed by atoms with van der Waals surface area (Å²) in [6, 6.07) is 75.8. The Morgan fingerprint density at radius 1 is 0.288 bits per heavy atom. The first-order valence-electron chi connectivity index (χ1n) is 20.1. The van der Waals surface area contributed by atoms with Crippen LogP contribution in [0, 0.1) is 0 Å². The molecule has 0 saturated carbocycles. The van der Waals surface area contributed by atoms with Crippen LogP contribution in [0.2, 0.25) is 0 Å². The Hall–Kier alpha value is -7.88. The van der Waals surface area contributed by atoms with Gasteiger partial charge in [-0.3, -0.25) is 0 Å². The van der Waals surface area contributed by atoms with Crippen LogP contribution in [0.1, 0.15) is 0 Å². The van der Waals surface area contributed by atoms with Crippen molar-refractivity contribution < 1.29 is 8.83 Å². The number of benzene rings is 10. The van der Waals surface area contributed by atoms with Crippen molar-refractivity contribution in [3.63, 3.8) is 0 Å². The molecule has 0 atom stereocenters. The fourth-order valence-corrected chi connectivity index (χ4v) is 8.95. The second kappa shape index (κ2) is 13.4. The lowest BCUT2D eigenvalue weighted by Crippen LogP contribution is -2.09. The van der Waals surface area contributed by atoms with Crippen molar-refractivity contribution >= 4 is 82.5 Å². The first-order valence-corrected chi connectivity index (χ1v) is 20.1. The smallest absolute Gasteiger partial charge is 0.147 e. The maximum Gasteiger partial charge on any atom is 0.147 e. The molecule has 0 fully saturated rings. The van der Waals surface area contributed by atoms with Crippen molar-refractivity contribution in [2.24, 2.45) is 0 Å². The molecule has 0 aliphatic rings. The van der Waals surface area contributed by atoms with Crippen LogP contribution >= 0.6 is 0 Å². The Balaban J connectivity index is 0.944. The van der Waals surface area contributed by atoms with Crippen molar-refractivity contribution in [2.75, 3.05) is 4.90 Å². The molecule has 0 aliphatic heterocycles. The standard InChI is InChI=1S/C56H35NO2/c1-2-9-36(10-3-1)37-21-27-43(28-22-37)57(44-29-23-38(24-30-44)42-20-19-41-18-17-39-11-4-5-12-46(39)51(41)35-42)45-31-25-40(26-32-45)47-14-8-15-48-49-33-34-53-54(56(49)59-55(47)48)50-13-6-7-16-52(50)58-53/h1-35H. The summed E-state index contributed by atoms with van der Waals surface area (Å²) in [5.74, 6) is 0. The Morgan fingerprint density at radius 3 is 1.58 bits per heavy atom. The number of para-hydroxylation sites is 2. The highest BCUT2D eigenvalue weighted by Crippen LogP contribution is 2.43. The minimum Gasteiger partial charge on any atom is -0.456 e. The molecule has 0 amide bonds. The Morgan fingerprint density at radius 2 is 0.831 bits per heavy atom. The zero-order valence-electron chi connectivity index (χ0n) is 32.0. The average Bonchev–Trinajstić information content (AvgIpc) is 3.89. The van der Waals surface area contributed by atoms with E-state index in [1.807, 2.05) is 18.2 Å². The average molecular weight is 754 g/mol. The van der Waals surface area contributed by atoms with Crippen LogP contribution in [0.25, 0.3) is 98.8 Å². The molecule has 12 rings (SSSR count). The SMILES string of the molecule is c1ccc(-c2ccc(N(c3ccc(-c4ccc5ccc6ccccc6c5c4)cc3)c3ccc(-c4cccc5c4oc4c5ccc5oc6ccccc6c54)cc3)cc2)cc1. The maximum absolute atomic E-state index is 6.80. The molecule has 0 unspecified atom stereocenters. The molecule has 10 aromatic carbocycles. The lowest BCUT2D eigenvalue weighted by Gasteiger charge is -2.26. The highest BCUT2D eigenvalue weighted by atomic mass is 16.3. The van der Waals surface area contributed by atoms with Crippen LogP contribution in [0.15, 0.2) is 221 Å². The summed E-state index contributed by atoms with van der Waals surface area (Å²) in [6.07, 6.45) is 0. The third-order valence-electron chi connectivity index (χ3n) is 11.9. The van der Waals surface area contributed by atoms with Gasteiger partial charge in [0.05, 0.1) is 5.39 Å². The lowest BCUT2D eigenvalue weighted by atomic mass is 9.97. The third kappa shape index (κ3) is 5.51. The van der Waals surface area contributed by atoms with Gasteiger partial charge in [-0.1, -0.05) is 152 Å². The van der Waals surface area contributed by atoms with E-state index in [0.717, 1.165) is 72.1 Å². The topological polar surface area (TPSA) is 29.5 Å². The summed E-state index contributed by atoms with van der Waals surface area (Å²) in [5.41, 5.74) is 13.6. The zero-order valence-corrected chi connectivity index (χ0v) is 32.0. The van der Waals surface area contributed by atoms with Crippen LogP contribution in [-0.4, -0.2) is 0 Å². The molecule has 59 heavy (non-hydrogen) atoms. The third-order valence-corrected chi connectivity index (χ3v) is 11.9. The van der Waals surface area contributed by atoms with Gasteiger partial charge in [0.15, 0.2) is 0 Å². The van der Waals surface area contributed by atoms with Crippen LogP contribution in [0.4, 0.5) is 17.1 Å². The fourth-order valence-electron chi connectivity index (χ4n) is 8.95. The minimum absolute atomic E-state index is 0.833. The van der Waals surface area contributed by atoms with E-state index in [1.54, 1.807) is 0 Å². The molecule has 12 aromatic rings. The van der Waals surface area contributed by atoms with E-state index in [4.69, 9.17) is 8.83 Å². The van der Waals surface area contributed by atoms with E-state index in [0.29, 0.717) is 0 Å². The molecule has 0 N–H and O–H groups in total. The highest BCUT2D eigenvalue weighted by molar-refractivity contribution is 6.23. The molecular formula is C56H35NO2. The number of anilines is 3. The summed E-state index contributed by atoms with van der Waals surface area (Å²) in [5, 5.41) is 9.31. The van der Waals surface area contributed by atoms with E-state index in [1.165, 1.54) is 43.8 Å². The van der Waals surface area contributed by atoms with E-state index >= 15 is 0 Å². The van der Waals surface area contributed by atoms with Crippen LogP contribution < -0.4 is 4.90 Å². The first kappa shape index (κ1) is 33.3. The van der Waals surface area contributed by atoms with Gasteiger partial charge in [-0.2, -0.15) is 0 Å². The van der Waals surface area contributed by atoms with Gasteiger partial charge in [-0.15, -0.1) is 0 Å². The molecular weight excluding hydrogens is 719 g/mol. The Labute approximate surface area is 340 Å². The molecule has 2 aromatic heterocycles. The van der Waals surface area contributed by atoms with Gasteiger partial charge >= 0.3 is 0 Å². The normalized spacial score (nSPS) is 11.7. The monoisotopic (exact) mass is 753 g/mol. The minimum atomic E-state index is 0.833. The summed E-state index contributed by atoms with van der Waals surface area (Å²) < 4.78 is 13.0. The summed E-state index contributed by atoms with van der Waals surface area (Å²) in [4.78, 5) is 2.33. The van der Waals surface area contributed by atoms with Crippen molar-refractivity contribution in [3.05, 3.63) is 212 Å². The second-order valence-electron chi connectivity index (χ2n) is 15.3. The number of hydrogen-bond donors (Lipinski definition) is 0. The zero-order chi connectivity index (χ0) is 38.9. The van der Waals surface area contributed by atoms with Crippen LogP contribution in [0.3, 0.4) is 0 Å². The predicted octanol–water partition coefficient (Wildman–Crippen LogP) is 16.3. The predicted molar refractivity (Wildman–Crippen MR) is 247 cm³/mol. The number of rotatable bonds is 6. The van der Waals surface area contributed by atoms with Gasteiger partial charge in [0, 0.05) is 38.8 Å². The molecule has 3 nitrogen and oxygen atoms in total. The van der Waals surface area contributed by atoms with Gasteiger partial charge in [-0.25, -0.2) is 0 Å². The molecule has 0 saturated heterocycles.